The van der Waals surface area contributed by atoms with Gasteiger partial charge in [-0.05, 0) is 6.92 Å². The van der Waals surface area contributed by atoms with Crippen molar-refractivity contribution in [1.82, 2.24) is 10.1 Å². The second-order valence-electron chi connectivity index (χ2n) is 3.57. The fourth-order valence-electron chi connectivity index (χ4n) is 1.41. The topological polar surface area (TPSA) is 38.9 Å². The smallest absolute Gasteiger partial charge is 0.249 e. The van der Waals surface area contributed by atoms with E-state index in [-0.39, 0.29) is 30.0 Å². The molecule has 3 nitrogen and oxygen atoms in total. The van der Waals surface area contributed by atoms with E-state index in [4.69, 9.17) is 16.1 Å². The third-order valence-corrected chi connectivity index (χ3v) is 2.45. The van der Waals surface area contributed by atoms with Crippen molar-refractivity contribution in [2.75, 3.05) is 0 Å². The van der Waals surface area contributed by atoms with Crippen molar-refractivity contribution in [2.24, 2.45) is 0 Å². The molecule has 1 aliphatic rings. The standard InChI is InChI=1S/C8H9ClF2N2O/c1-4(9)6-12-7(14-13-6)5-2-8(10,11)3-5/h4-5H,2-3H2,1H3. The second kappa shape index (κ2) is 3.15. The van der Waals surface area contributed by atoms with Crippen LogP contribution in [0.25, 0.3) is 0 Å². The molecule has 14 heavy (non-hydrogen) atoms. The van der Waals surface area contributed by atoms with Crippen LogP contribution in [0.4, 0.5) is 8.78 Å². The number of halogens is 3. The minimum absolute atomic E-state index is 0.203. The Morgan fingerprint density at radius 3 is 2.64 bits per heavy atom. The summed E-state index contributed by atoms with van der Waals surface area (Å²) < 4.78 is 29.9. The number of hydrogen-bond donors (Lipinski definition) is 0. The van der Waals surface area contributed by atoms with Crippen LogP contribution in [0, 0.1) is 0 Å². The lowest BCUT2D eigenvalue weighted by molar-refractivity contribution is -0.0925. The fourth-order valence-corrected chi connectivity index (χ4v) is 1.50. The molecule has 0 spiro atoms. The molecule has 1 atom stereocenters. The first-order valence-corrected chi connectivity index (χ1v) is 4.77. The molecule has 1 aromatic rings. The maximum absolute atomic E-state index is 12.5. The summed E-state index contributed by atoms with van der Waals surface area (Å²) >= 11 is 5.71. The second-order valence-corrected chi connectivity index (χ2v) is 4.22. The first-order chi connectivity index (χ1) is 6.48. The molecule has 1 unspecified atom stereocenters. The predicted octanol–water partition coefficient (Wildman–Crippen LogP) is 2.88. The Morgan fingerprint density at radius 2 is 2.21 bits per heavy atom. The Morgan fingerprint density at radius 1 is 1.57 bits per heavy atom. The van der Waals surface area contributed by atoms with Gasteiger partial charge < -0.3 is 4.52 Å². The molecule has 0 aliphatic heterocycles. The Kier molecular flexibility index (Phi) is 2.21. The molecule has 0 aromatic carbocycles. The number of aromatic nitrogens is 2. The maximum Gasteiger partial charge on any atom is 0.249 e. The quantitative estimate of drug-likeness (QED) is 0.723. The van der Waals surface area contributed by atoms with Crippen LogP contribution in [-0.2, 0) is 0 Å². The molecule has 78 valence electrons. The lowest BCUT2D eigenvalue weighted by Crippen LogP contribution is -2.33. The van der Waals surface area contributed by atoms with Gasteiger partial charge in [0.05, 0.1) is 5.38 Å². The molecule has 0 bridgehead atoms. The molecule has 1 aliphatic carbocycles. The van der Waals surface area contributed by atoms with Gasteiger partial charge in [0, 0.05) is 18.8 Å². The first-order valence-electron chi connectivity index (χ1n) is 4.33. The lowest BCUT2D eigenvalue weighted by atomic mass is 9.81. The van der Waals surface area contributed by atoms with Crippen LogP contribution in [0.1, 0.15) is 42.8 Å². The van der Waals surface area contributed by atoms with Crippen molar-refractivity contribution in [3.8, 4) is 0 Å². The molecule has 0 saturated heterocycles. The summed E-state index contributed by atoms with van der Waals surface area (Å²) in [6.45, 7) is 1.70. The van der Waals surface area contributed by atoms with Gasteiger partial charge in [0.1, 0.15) is 0 Å². The molecule has 0 N–H and O–H groups in total. The molecule has 1 saturated carbocycles. The van der Waals surface area contributed by atoms with E-state index in [1.54, 1.807) is 6.92 Å². The zero-order valence-corrected chi connectivity index (χ0v) is 8.26. The first kappa shape index (κ1) is 9.83. The van der Waals surface area contributed by atoms with Gasteiger partial charge in [0.2, 0.25) is 11.8 Å². The van der Waals surface area contributed by atoms with Crippen molar-refractivity contribution >= 4 is 11.6 Å². The van der Waals surface area contributed by atoms with E-state index in [2.05, 4.69) is 10.1 Å². The number of hydrogen-bond acceptors (Lipinski definition) is 3. The number of rotatable bonds is 2. The van der Waals surface area contributed by atoms with Gasteiger partial charge in [-0.3, -0.25) is 0 Å². The maximum atomic E-state index is 12.5. The Balaban J connectivity index is 2.05. The van der Waals surface area contributed by atoms with Crippen LogP contribution < -0.4 is 0 Å². The van der Waals surface area contributed by atoms with Gasteiger partial charge in [0.15, 0.2) is 5.82 Å². The van der Waals surface area contributed by atoms with Crippen LogP contribution in [0.3, 0.4) is 0 Å². The highest BCUT2D eigenvalue weighted by atomic mass is 35.5. The Hall–Kier alpha value is -0.710. The van der Waals surface area contributed by atoms with E-state index in [9.17, 15) is 8.78 Å². The van der Waals surface area contributed by atoms with Crippen molar-refractivity contribution in [3.63, 3.8) is 0 Å². The summed E-state index contributed by atoms with van der Waals surface area (Å²) in [6, 6.07) is 0. The molecule has 1 heterocycles. The highest BCUT2D eigenvalue weighted by molar-refractivity contribution is 6.20. The SMILES string of the molecule is CC(Cl)c1noc(C2CC(F)(F)C2)n1. The van der Waals surface area contributed by atoms with Gasteiger partial charge in [-0.2, -0.15) is 4.98 Å². The molecule has 0 radical (unpaired) electrons. The Labute approximate surface area is 84.4 Å². The zero-order chi connectivity index (χ0) is 10.3. The largest absolute Gasteiger partial charge is 0.339 e. The number of nitrogens with zero attached hydrogens (tertiary/aromatic N) is 2. The summed E-state index contributed by atoms with van der Waals surface area (Å²) in [6.07, 6.45) is -0.406. The lowest BCUT2D eigenvalue weighted by Gasteiger charge is -2.31. The summed E-state index contributed by atoms with van der Waals surface area (Å²) in [5.74, 6) is -2.23. The third-order valence-electron chi connectivity index (χ3n) is 2.25. The third kappa shape index (κ3) is 1.73. The molecular weight excluding hydrogens is 214 g/mol. The minimum atomic E-state index is -2.56. The average Bonchev–Trinajstić information content (AvgIpc) is 2.47. The average molecular weight is 223 g/mol. The van der Waals surface area contributed by atoms with Gasteiger partial charge in [-0.25, -0.2) is 8.78 Å². The van der Waals surface area contributed by atoms with Gasteiger partial charge in [-0.1, -0.05) is 5.16 Å². The van der Waals surface area contributed by atoms with Gasteiger partial charge >= 0.3 is 0 Å². The van der Waals surface area contributed by atoms with Gasteiger partial charge in [-0.15, -0.1) is 11.6 Å². The van der Waals surface area contributed by atoms with Crippen molar-refractivity contribution in [2.45, 2.75) is 37.0 Å². The Bertz CT molecular complexity index is 332. The monoisotopic (exact) mass is 222 g/mol. The highest BCUT2D eigenvalue weighted by Crippen LogP contribution is 2.47. The van der Waals surface area contributed by atoms with Crippen molar-refractivity contribution < 1.29 is 13.3 Å². The summed E-state index contributed by atoms with van der Waals surface area (Å²) in [5.41, 5.74) is 0. The molecule has 6 heteroatoms. The fraction of sp³-hybridized carbons (Fsp3) is 0.750. The molecule has 1 fully saturated rings. The van der Waals surface area contributed by atoms with E-state index in [1.807, 2.05) is 0 Å². The van der Waals surface area contributed by atoms with Crippen LogP contribution in [0.2, 0.25) is 0 Å². The van der Waals surface area contributed by atoms with Crippen molar-refractivity contribution in [3.05, 3.63) is 11.7 Å². The molecule has 0 amide bonds. The van der Waals surface area contributed by atoms with E-state index in [0.29, 0.717) is 5.82 Å². The molecular formula is C8H9ClF2N2O. The summed E-state index contributed by atoms with van der Waals surface area (Å²) in [7, 11) is 0. The number of alkyl halides is 3. The van der Waals surface area contributed by atoms with E-state index in [1.165, 1.54) is 0 Å². The molecule has 1 aromatic heterocycles. The zero-order valence-electron chi connectivity index (χ0n) is 7.51. The predicted molar refractivity (Wildman–Crippen MR) is 45.5 cm³/mol. The van der Waals surface area contributed by atoms with E-state index in [0.717, 1.165) is 0 Å². The summed E-state index contributed by atoms with van der Waals surface area (Å²) in [4.78, 5) is 3.95. The van der Waals surface area contributed by atoms with Crippen LogP contribution >= 0.6 is 11.6 Å². The molecule has 2 rings (SSSR count). The van der Waals surface area contributed by atoms with E-state index < -0.39 is 5.92 Å². The van der Waals surface area contributed by atoms with E-state index >= 15 is 0 Å². The normalized spacial score (nSPS) is 23.1. The van der Waals surface area contributed by atoms with Crippen LogP contribution in [0.5, 0.6) is 0 Å². The van der Waals surface area contributed by atoms with Crippen LogP contribution in [0.15, 0.2) is 4.52 Å². The highest BCUT2D eigenvalue weighted by Gasteiger charge is 2.48. The van der Waals surface area contributed by atoms with Crippen LogP contribution in [-0.4, -0.2) is 16.1 Å². The van der Waals surface area contributed by atoms with Gasteiger partial charge in [0.25, 0.3) is 0 Å². The van der Waals surface area contributed by atoms with Crippen molar-refractivity contribution in [1.29, 1.82) is 0 Å². The minimum Gasteiger partial charge on any atom is -0.339 e. The summed E-state index contributed by atoms with van der Waals surface area (Å²) in [5, 5.41) is 3.25.